The van der Waals surface area contributed by atoms with Crippen molar-refractivity contribution in [1.82, 2.24) is 15.0 Å². The summed E-state index contributed by atoms with van der Waals surface area (Å²) in [5.41, 5.74) is 1.07. The number of H-pyrrole nitrogens is 1. The summed E-state index contributed by atoms with van der Waals surface area (Å²) in [6.07, 6.45) is 0. The van der Waals surface area contributed by atoms with E-state index in [0.717, 1.165) is 10.1 Å². The third-order valence-corrected chi connectivity index (χ3v) is 4.19. The summed E-state index contributed by atoms with van der Waals surface area (Å²) >= 11 is 0. The van der Waals surface area contributed by atoms with Crippen LogP contribution in [0.2, 0.25) is 0 Å². The maximum absolute atomic E-state index is 12.2. The Morgan fingerprint density at radius 3 is 2.41 bits per heavy atom. The third-order valence-electron chi connectivity index (χ3n) is 4.19. The van der Waals surface area contributed by atoms with Gasteiger partial charge in [-0.3, -0.25) is 19.1 Å². The van der Waals surface area contributed by atoms with Gasteiger partial charge in [-0.25, -0.2) is 10.2 Å². The van der Waals surface area contributed by atoms with Gasteiger partial charge in [0, 0.05) is 0 Å². The van der Waals surface area contributed by atoms with E-state index < -0.39 is 23.0 Å². The van der Waals surface area contributed by atoms with E-state index >= 15 is 0 Å². The number of phenolic OH excluding ortho intramolecular Hbond substituents is 1. The molecule has 0 atom stereocenters. The average molecular weight is 394 g/mol. The number of aromatic nitrogens is 2. The lowest BCUT2D eigenvalue weighted by atomic mass is 10.2. The molecule has 3 aromatic rings. The van der Waals surface area contributed by atoms with Crippen LogP contribution >= 0.6 is 0 Å². The SMILES string of the molecule is C/C(=N/NC(=O)c1ccccc1O)c1c(O)n(Cc2ccccc2)c(=O)[nH]c1=O. The Kier molecular flexibility index (Phi) is 5.59. The van der Waals surface area contributed by atoms with Crippen LogP contribution in [-0.4, -0.2) is 31.4 Å². The van der Waals surface area contributed by atoms with Gasteiger partial charge in [-0.05, 0) is 24.6 Å². The number of hydrogen-bond acceptors (Lipinski definition) is 6. The molecule has 0 spiro atoms. The quantitative estimate of drug-likeness (QED) is 0.380. The summed E-state index contributed by atoms with van der Waals surface area (Å²) in [6, 6.07) is 14.8. The lowest BCUT2D eigenvalue weighted by Crippen LogP contribution is -2.34. The first-order valence-electron chi connectivity index (χ1n) is 8.61. The van der Waals surface area contributed by atoms with Crippen molar-refractivity contribution in [1.29, 1.82) is 0 Å². The van der Waals surface area contributed by atoms with Crippen LogP contribution in [0, 0.1) is 0 Å². The molecule has 0 aliphatic rings. The molecule has 1 heterocycles. The van der Waals surface area contributed by atoms with Gasteiger partial charge >= 0.3 is 5.69 Å². The van der Waals surface area contributed by atoms with Crippen LogP contribution < -0.4 is 16.7 Å². The molecule has 0 saturated heterocycles. The van der Waals surface area contributed by atoms with Crippen molar-refractivity contribution in [3.8, 4) is 11.6 Å². The highest BCUT2D eigenvalue weighted by Crippen LogP contribution is 2.16. The van der Waals surface area contributed by atoms with Gasteiger partial charge in [0.15, 0.2) is 0 Å². The largest absolute Gasteiger partial charge is 0.507 e. The number of phenols is 1. The van der Waals surface area contributed by atoms with E-state index in [-0.39, 0.29) is 29.1 Å². The predicted octanol–water partition coefficient (Wildman–Crippen LogP) is 1.15. The number of benzene rings is 2. The molecule has 1 amide bonds. The number of para-hydroxylation sites is 1. The summed E-state index contributed by atoms with van der Waals surface area (Å²) in [4.78, 5) is 38.6. The van der Waals surface area contributed by atoms with Crippen LogP contribution in [0.1, 0.15) is 28.4 Å². The van der Waals surface area contributed by atoms with E-state index in [4.69, 9.17) is 0 Å². The van der Waals surface area contributed by atoms with E-state index in [1.54, 1.807) is 36.4 Å². The molecular formula is C20H18N4O5. The number of nitrogens with one attached hydrogen (secondary N) is 2. The minimum Gasteiger partial charge on any atom is -0.507 e. The van der Waals surface area contributed by atoms with Gasteiger partial charge in [-0.1, -0.05) is 42.5 Å². The molecule has 0 bridgehead atoms. The highest BCUT2D eigenvalue weighted by atomic mass is 16.3. The molecule has 1 aromatic heterocycles. The van der Waals surface area contributed by atoms with E-state index in [9.17, 15) is 24.6 Å². The zero-order valence-electron chi connectivity index (χ0n) is 15.4. The van der Waals surface area contributed by atoms with Gasteiger partial charge in [0.25, 0.3) is 11.5 Å². The van der Waals surface area contributed by atoms with Crippen LogP contribution in [0.15, 0.2) is 69.3 Å². The molecule has 148 valence electrons. The van der Waals surface area contributed by atoms with Gasteiger partial charge in [0.05, 0.1) is 17.8 Å². The standard InChI is InChI=1S/C20H18N4O5/c1-12(22-23-17(26)14-9-5-6-10-15(14)25)16-18(27)21-20(29)24(19(16)28)11-13-7-3-2-4-8-13/h2-10,25,28H,11H2,1H3,(H,23,26)(H,21,27,29)/b22-12-. The minimum absolute atomic E-state index is 0.00349. The molecule has 0 unspecified atom stereocenters. The van der Waals surface area contributed by atoms with Crippen LogP contribution in [-0.2, 0) is 6.54 Å². The summed E-state index contributed by atoms with van der Waals surface area (Å²) in [6.45, 7) is 1.43. The molecule has 0 radical (unpaired) electrons. The van der Waals surface area contributed by atoms with Gasteiger partial charge in [0.1, 0.15) is 11.3 Å². The second-order valence-electron chi connectivity index (χ2n) is 6.18. The predicted molar refractivity (Wildman–Crippen MR) is 106 cm³/mol. The third kappa shape index (κ3) is 4.24. The zero-order chi connectivity index (χ0) is 21.0. The molecular weight excluding hydrogens is 376 g/mol. The van der Waals surface area contributed by atoms with E-state index in [2.05, 4.69) is 15.5 Å². The summed E-state index contributed by atoms with van der Waals surface area (Å²) in [5, 5.41) is 24.1. The second-order valence-corrected chi connectivity index (χ2v) is 6.18. The molecule has 2 aromatic carbocycles. The number of hydrazone groups is 1. The minimum atomic E-state index is -0.838. The normalized spacial score (nSPS) is 11.3. The molecule has 9 nitrogen and oxygen atoms in total. The summed E-state index contributed by atoms with van der Waals surface area (Å²) in [7, 11) is 0. The fourth-order valence-corrected chi connectivity index (χ4v) is 2.71. The fraction of sp³-hybridized carbons (Fsp3) is 0.100. The molecule has 0 fully saturated rings. The molecule has 0 saturated carbocycles. The summed E-state index contributed by atoms with van der Waals surface area (Å²) in [5.74, 6) is -1.49. The topological polar surface area (TPSA) is 137 Å². The number of carbonyl (C=O) groups excluding carboxylic acids is 1. The van der Waals surface area contributed by atoms with Crippen molar-refractivity contribution in [3.63, 3.8) is 0 Å². The Labute approximate surface area is 164 Å². The van der Waals surface area contributed by atoms with Crippen LogP contribution in [0.3, 0.4) is 0 Å². The Hall–Kier alpha value is -4.14. The van der Waals surface area contributed by atoms with Crippen molar-refractivity contribution in [2.75, 3.05) is 0 Å². The van der Waals surface area contributed by atoms with Crippen molar-refractivity contribution in [2.24, 2.45) is 5.10 Å². The Bertz CT molecular complexity index is 1200. The second kappa shape index (κ2) is 8.26. The first kappa shape index (κ1) is 19.6. The van der Waals surface area contributed by atoms with E-state index in [0.29, 0.717) is 0 Å². The van der Waals surface area contributed by atoms with Gasteiger partial charge < -0.3 is 10.2 Å². The number of aromatic amines is 1. The monoisotopic (exact) mass is 394 g/mol. The van der Waals surface area contributed by atoms with Gasteiger partial charge in [0.2, 0.25) is 5.88 Å². The zero-order valence-corrected chi connectivity index (χ0v) is 15.4. The van der Waals surface area contributed by atoms with Crippen molar-refractivity contribution in [3.05, 3.63) is 92.1 Å². The lowest BCUT2D eigenvalue weighted by Gasteiger charge is -2.11. The average Bonchev–Trinajstić information content (AvgIpc) is 2.70. The smallest absolute Gasteiger partial charge is 0.331 e. The molecule has 4 N–H and O–H groups in total. The van der Waals surface area contributed by atoms with Crippen molar-refractivity contribution >= 4 is 11.6 Å². The van der Waals surface area contributed by atoms with Gasteiger partial charge in [-0.15, -0.1) is 0 Å². The molecule has 9 heteroatoms. The Balaban J connectivity index is 1.93. The number of amides is 1. The first-order chi connectivity index (χ1) is 13.9. The van der Waals surface area contributed by atoms with E-state index in [1.165, 1.54) is 19.1 Å². The molecule has 0 aliphatic heterocycles. The number of rotatable bonds is 5. The van der Waals surface area contributed by atoms with Crippen molar-refractivity contribution in [2.45, 2.75) is 13.5 Å². The van der Waals surface area contributed by atoms with E-state index in [1.807, 2.05) is 6.07 Å². The van der Waals surface area contributed by atoms with Crippen LogP contribution in [0.4, 0.5) is 0 Å². The highest BCUT2D eigenvalue weighted by Gasteiger charge is 2.18. The maximum Gasteiger partial charge on any atom is 0.331 e. The number of aromatic hydroxyl groups is 2. The number of carbonyl (C=O) groups is 1. The molecule has 29 heavy (non-hydrogen) atoms. The van der Waals surface area contributed by atoms with Crippen LogP contribution in [0.5, 0.6) is 11.6 Å². The lowest BCUT2D eigenvalue weighted by molar-refractivity contribution is 0.0952. The first-order valence-corrected chi connectivity index (χ1v) is 8.61. The highest BCUT2D eigenvalue weighted by molar-refractivity contribution is 6.02. The van der Waals surface area contributed by atoms with Crippen LogP contribution in [0.25, 0.3) is 0 Å². The number of nitrogens with zero attached hydrogens (tertiary/aromatic N) is 2. The molecule has 0 aliphatic carbocycles. The molecule has 3 rings (SSSR count). The fourth-order valence-electron chi connectivity index (χ4n) is 2.71. The summed E-state index contributed by atoms with van der Waals surface area (Å²) < 4.78 is 0.996. The van der Waals surface area contributed by atoms with Crippen molar-refractivity contribution < 1.29 is 15.0 Å². The Morgan fingerprint density at radius 1 is 1.07 bits per heavy atom. The van der Waals surface area contributed by atoms with Gasteiger partial charge in [-0.2, -0.15) is 5.10 Å². The maximum atomic E-state index is 12.2. The number of hydrogen-bond donors (Lipinski definition) is 4. The Morgan fingerprint density at radius 2 is 1.72 bits per heavy atom.